The molecule has 4 N–H and O–H groups in total. The van der Waals surface area contributed by atoms with Gasteiger partial charge in [-0.2, -0.15) is 0 Å². The van der Waals surface area contributed by atoms with Gasteiger partial charge in [0.05, 0.1) is 12.1 Å². The first-order valence-corrected chi connectivity index (χ1v) is 19.0. The fourth-order valence-corrected chi connectivity index (χ4v) is 7.63. The zero-order chi connectivity index (χ0) is 38.5. The molecule has 1 aromatic rings. The van der Waals surface area contributed by atoms with E-state index in [4.69, 9.17) is 0 Å². The lowest BCUT2D eigenvalue weighted by molar-refractivity contribution is -0.153. The smallest absolute Gasteiger partial charge is 0.333 e. The molecule has 2 unspecified atom stereocenters. The summed E-state index contributed by atoms with van der Waals surface area (Å²) in [6.07, 6.45) is 3.86. The lowest BCUT2D eigenvalue weighted by atomic mass is 9.84. The fourth-order valence-electron chi connectivity index (χ4n) is 7.63. The van der Waals surface area contributed by atoms with Crippen molar-refractivity contribution < 1.29 is 28.8 Å². The molecule has 52 heavy (non-hydrogen) atoms. The number of carbonyl (C=O) groups is 6. The normalized spacial score (nSPS) is 23.5. The average Bonchev–Trinajstić information content (AvgIpc) is 3.73. The molecule has 1 aromatic carbocycles. The topological polar surface area (TPSA) is 160 Å². The van der Waals surface area contributed by atoms with E-state index in [0.29, 0.717) is 45.1 Å². The molecule has 7 atom stereocenters. The van der Waals surface area contributed by atoms with Crippen LogP contribution in [0.3, 0.4) is 0 Å². The van der Waals surface area contributed by atoms with Crippen molar-refractivity contribution in [3.8, 4) is 0 Å². The summed E-state index contributed by atoms with van der Waals surface area (Å²) in [5, 5.41) is 10.1. The van der Waals surface area contributed by atoms with E-state index in [2.05, 4.69) is 21.4 Å². The number of hydrogen-bond donors (Lipinski definition) is 4. The highest BCUT2D eigenvalue weighted by Gasteiger charge is 2.48. The number of hydrogen-bond acceptors (Lipinski definition) is 6. The summed E-state index contributed by atoms with van der Waals surface area (Å²) in [6, 6.07) is 5.77. The minimum Gasteiger partial charge on any atom is -0.333 e. The Balaban J connectivity index is 1.48. The van der Waals surface area contributed by atoms with Gasteiger partial charge in [0, 0.05) is 31.5 Å². The third-order valence-corrected chi connectivity index (χ3v) is 10.9. The first-order chi connectivity index (χ1) is 24.4. The van der Waals surface area contributed by atoms with Gasteiger partial charge in [0.2, 0.25) is 17.7 Å². The van der Waals surface area contributed by atoms with Crippen molar-refractivity contribution in [2.24, 2.45) is 28.6 Å². The van der Waals surface area contributed by atoms with Gasteiger partial charge in [-0.15, -0.1) is 0 Å². The maximum absolute atomic E-state index is 14.4. The quantitative estimate of drug-likeness (QED) is 0.191. The monoisotopic (exact) mass is 723 g/mol. The molecule has 2 heterocycles. The highest BCUT2D eigenvalue weighted by atomic mass is 16.2. The number of carbonyl (C=O) groups excluding carboxylic acids is 6. The summed E-state index contributed by atoms with van der Waals surface area (Å²) in [6.45, 7) is 17.7. The number of fused-ring (bicyclic) bond motifs is 2. The SMILES string of the molecule is CCCN(NC(=O)[C@@H]1[C@@H](CC)CCN1C(=O)[C@@H](NC(=O)N[C@H](CN1C(=O)C2CCC(C2)C1=O)C(C)(C)C)C(C)(C)C)C(=O)N[C@@H](C)c1ccccc1. The first kappa shape index (κ1) is 40.6. The second kappa shape index (κ2) is 16.7. The lowest BCUT2D eigenvalue weighted by Crippen LogP contribution is -2.63. The molecule has 1 saturated carbocycles. The molecular weight excluding hydrogens is 662 g/mol. The minimum absolute atomic E-state index is 0.0498. The predicted molar refractivity (Wildman–Crippen MR) is 198 cm³/mol. The van der Waals surface area contributed by atoms with Crippen LogP contribution < -0.4 is 21.4 Å². The number of imide groups is 1. The van der Waals surface area contributed by atoms with Crippen molar-refractivity contribution >= 4 is 35.7 Å². The van der Waals surface area contributed by atoms with Gasteiger partial charge in [-0.05, 0) is 61.3 Å². The molecule has 1 aliphatic carbocycles. The van der Waals surface area contributed by atoms with E-state index in [1.165, 1.54) is 14.8 Å². The Morgan fingerprint density at radius 2 is 1.48 bits per heavy atom. The Morgan fingerprint density at radius 3 is 2.02 bits per heavy atom. The molecule has 0 aromatic heterocycles. The maximum atomic E-state index is 14.4. The van der Waals surface area contributed by atoms with Crippen molar-refractivity contribution in [2.75, 3.05) is 19.6 Å². The Kier molecular flexibility index (Phi) is 13.0. The van der Waals surface area contributed by atoms with Gasteiger partial charge >= 0.3 is 12.1 Å². The molecule has 3 fully saturated rings. The summed E-state index contributed by atoms with van der Waals surface area (Å²) in [7, 11) is 0. The van der Waals surface area contributed by atoms with Crippen LogP contribution in [0.15, 0.2) is 30.3 Å². The third-order valence-electron chi connectivity index (χ3n) is 10.9. The van der Waals surface area contributed by atoms with Crippen LogP contribution in [0.5, 0.6) is 0 Å². The number of benzene rings is 1. The number of amides is 8. The molecular formula is C39H61N7O6. The van der Waals surface area contributed by atoms with E-state index in [1.807, 2.05) is 92.6 Å². The molecule has 13 nitrogen and oxygen atoms in total. The molecule has 8 amide bonds. The van der Waals surface area contributed by atoms with Crippen LogP contribution in [0, 0.1) is 28.6 Å². The predicted octanol–water partition coefficient (Wildman–Crippen LogP) is 4.74. The minimum atomic E-state index is -1.00. The van der Waals surface area contributed by atoms with Crippen LogP contribution in [-0.2, 0) is 19.2 Å². The molecule has 0 spiro atoms. The maximum Gasteiger partial charge on any atom is 0.336 e. The Bertz CT molecular complexity index is 1450. The second-order valence-electron chi connectivity index (χ2n) is 17.0. The summed E-state index contributed by atoms with van der Waals surface area (Å²) in [5.74, 6) is -1.66. The number of nitrogens with zero attached hydrogens (tertiary/aromatic N) is 3. The number of urea groups is 2. The molecule has 3 aliphatic rings. The van der Waals surface area contributed by atoms with E-state index in [9.17, 15) is 28.8 Å². The standard InChI is InChI=1S/C39H61N7O6/c1-10-20-46(37(52)40-24(3)26-15-13-12-14-16-26)43-32(47)30-25(11-2)19-21-44(30)35(50)31(39(7,8)9)42-36(51)41-29(38(4,5)6)23-45-33(48)27-17-18-28(22-27)34(45)49/h12-16,24-25,27-31H,10-11,17-23H2,1-9H3,(H,40,52)(H,43,47)(H2,41,42,51)/t24-,25-,27?,28?,29+,30-,31+/m0/s1. The Labute approximate surface area is 309 Å². The number of hydrazine groups is 1. The van der Waals surface area contributed by atoms with E-state index in [1.54, 1.807) is 0 Å². The molecule has 0 radical (unpaired) electrons. The molecule has 13 heteroatoms. The van der Waals surface area contributed by atoms with Crippen molar-refractivity contribution in [1.82, 2.24) is 36.2 Å². The fraction of sp³-hybridized carbons (Fsp3) is 0.692. The highest BCUT2D eigenvalue weighted by Crippen LogP contribution is 2.39. The number of piperidine rings is 1. The number of nitrogens with one attached hydrogen (secondary N) is 4. The van der Waals surface area contributed by atoms with Gasteiger partial charge in [0.1, 0.15) is 12.1 Å². The van der Waals surface area contributed by atoms with Crippen LogP contribution in [-0.4, -0.2) is 88.3 Å². The van der Waals surface area contributed by atoms with E-state index < -0.39 is 52.8 Å². The lowest BCUT2D eigenvalue weighted by Gasteiger charge is -2.39. The van der Waals surface area contributed by atoms with Crippen molar-refractivity contribution in [1.29, 1.82) is 0 Å². The van der Waals surface area contributed by atoms with Gasteiger partial charge in [0.25, 0.3) is 5.91 Å². The van der Waals surface area contributed by atoms with E-state index in [-0.39, 0.29) is 48.7 Å². The van der Waals surface area contributed by atoms with Crippen molar-refractivity contribution in [3.05, 3.63) is 35.9 Å². The Morgan fingerprint density at radius 1 is 0.865 bits per heavy atom. The van der Waals surface area contributed by atoms with Crippen LogP contribution >= 0.6 is 0 Å². The highest BCUT2D eigenvalue weighted by molar-refractivity contribution is 6.01. The van der Waals surface area contributed by atoms with Crippen LogP contribution in [0.25, 0.3) is 0 Å². The zero-order valence-corrected chi connectivity index (χ0v) is 32.6. The van der Waals surface area contributed by atoms with Crippen LogP contribution in [0.4, 0.5) is 9.59 Å². The number of rotatable bonds is 11. The van der Waals surface area contributed by atoms with Gasteiger partial charge in [-0.1, -0.05) is 92.1 Å². The summed E-state index contributed by atoms with van der Waals surface area (Å²) in [4.78, 5) is 84.7. The molecule has 2 bridgehead atoms. The average molecular weight is 724 g/mol. The summed E-state index contributed by atoms with van der Waals surface area (Å²) < 4.78 is 0. The summed E-state index contributed by atoms with van der Waals surface area (Å²) >= 11 is 0. The van der Waals surface area contributed by atoms with Gasteiger partial charge in [-0.3, -0.25) is 29.5 Å². The second-order valence-corrected chi connectivity index (χ2v) is 17.0. The zero-order valence-electron chi connectivity index (χ0n) is 32.6. The van der Waals surface area contributed by atoms with Crippen molar-refractivity contribution in [3.63, 3.8) is 0 Å². The van der Waals surface area contributed by atoms with E-state index in [0.717, 1.165) is 5.56 Å². The molecule has 2 aliphatic heterocycles. The van der Waals surface area contributed by atoms with Crippen molar-refractivity contribution in [2.45, 2.75) is 125 Å². The largest absolute Gasteiger partial charge is 0.336 e. The molecule has 2 saturated heterocycles. The van der Waals surface area contributed by atoms with Gasteiger partial charge in [-0.25, -0.2) is 14.6 Å². The van der Waals surface area contributed by atoms with E-state index >= 15 is 0 Å². The number of likely N-dealkylation sites (tertiary alicyclic amines) is 2. The molecule has 288 valence electrons. The third kappa shape index (κ3) is 9.43. The first-order valence-electron chi connectivity index (χ1n) is 19.0. The van der Waals surface area contributed by atoms with Crippen LogP contribution in [0.1, 0.15) is 112 Å². The van der Waals surface area contributed by atoms with Gasteiger partial charge < -0.3 is 20.9 Å². The molecule has 4 rings (SSSR count). The summed E-state index contributed by atoms with van der Waals surface area (Å²) in [5.41, 5.74) is 2.48. The Hall–Kier alpha value is -4.16. The van der Waals surface area contributed by atoms with Gasteiger partial charge in [0.15, 0.2) is 0 Å². The van der Waals surface area contributed by atoms with Crippen LogP contribution in [0.2, 0.25) is 0 Å².